The molecule has 4 heteroatoms. The van der Waals surface area contributed by atoms with Crippen LogP contribution in [0.5, 0.6) is 0 Å². The molecule has 70 valence electrons. The number of ether oxygens (including phenoxy) is 1. The molecule has 0 spiro atoms. The molecule has 0 aromatic rings. The number of rotatable bonds is 3. The fourth-order valence-electron chi connectivity index (χ4n) is 0.621. The van der Waals surface area contributed by atoms with Crippen LogP contribution in [0.15, 0.2) is 23.4 Å². The zero-order valence-corrected chi connectivity index (χ0v) is 7.70. The summed E-state index contributed by atoms with van der Waals surface area (Å²) in [6.45, 7) is 3.62. The van der Waals surface area contributed by atoms with Crippen LogP contribution in [0.1, 0.15) is 13.8 Å². The van der Waals surface area contributed by atoms with Crippen LogP contribution in [-0.2, 0) is 9.53 Å². The average Bonchev–Trinajstić information content (AvgIpc) is 2.14. The molecule has 4 nitrogen and oxygen atoms in total. The van der Waals surface area contributed by atoms with Gasteiger partial charge in [0.05, 0.1) is 6.61 Å². The van der Waals surface area contributed by atoms with Crippen LogP contribution < -0.4 is 5.73 Å². The summed E-state index contributed by atoms with van der Waals surface area (Å²) >= 11 is 0. The SMILES string of the molecule is CCOC(=O)/C(C#N)=C/C(C)=C/N. The van der Waals surface area contributed by atoms with Gasteiger partial charge in [-0.15, -0.1) is 0 Å². The van der Waals surface area contributed by atoms with Crippen LogP contribution in [0.2, 0.25) is 0 Å². The van der Waals surface area contributed by atoms with E-state index < -0.39 is 5.97 Å². The highest BCUT2D eigenvalue weighted by Crippen LogP contribution is 2.02. The molecular formula is C9H12N2O2. The summed E-state index contributed by atoms with van der Waals surface area (Å²) in [4.78, 5) is 11.0. The van der Waals surface area contributed by atoms with Crippen molar-refractivity contribution in [1.82, 2.24) is 0 Å². The van der Waals surface area contributed by atoms with E-state index in [0.29, 0.717) is 5.57 Å². The van der Waals surface area contributed by atoms with Gasteiger partial charge in [-0.2, -0.15) is 5.26 Å². The van der Waals surface area contributed by atoms with Gasteiger partial charge in [0.15, 0.2) is 0 Å². The van der Waals surface area contributed by atoms with Crippen LogP contribution in [0.25, 0.3) is 0 Å². The van der Waals surface area contributed by atoms with E-state index in [-0.39, 0.29) is 12.2 Å². The smallest absolute Gasteiger partial charge is 0.348 e. The van der Waals surface area contributed by atoms with E-state index in [0.717, 1.165) is 0 Å². The number of allylic oxidation sites excluding steroid dienone is 2. The molecule has 13 heavy (non-hydrogen) atoms. The highest BCUT2D eigenvalue weighted by atomic mass is 16.5. The lowest BCUT2D eigenvalue weighted by atomic mass is 10.2. The molecule has 0 atom stereocenters. The van der Waals surface area contributed by atoms with Crippen LogP contribution in [0.3, 0.4) is 0 Å². The summed E-state index contributed by atoms with van der Waals surface area (Å²) in [6.07, 6.45) is 2.70. The van der Waals surface area contributed by atoms with E-state index in [2.05, 4.69) is 4.74 Å². The molecule has 0 aliphatic rings. The molecule has 0 saturated heterocycles. The molecule has 0 fully saturated rings. The number of hydrogen-bond donors (Lipinski definition) is 1. The van der Waals surface area contributed by atoms with E-state index in [1.807, 2.05) is 0 Å². The zero-order chi connectivity index (χ0) is 10.3. The zero-order valence-electron chi connectivity index (χ0n) is 7.70. The summed E-state index contributed by atoms with van der Waals surface area (Å²) < 4.78 is 4.64. The second-order valence-corrected chi connectivity index (χ2v) is 2.30. The molecule has 0 aliphatic heterocycles. The maximum absolute atomic E-state index is 11.0. The quantitative estimate of drug-likeness (QED) is 0.302. The lowest BCUT2D eigenvalue weighted by Crippen LogP contribution is -2.06. The maximum atomic E-state index is 11.0. The van der Waals surface area contributed by atoms with Gasteiger partial charge in [-0.25, -0.2) is 4.79 Å². The van der Waals surface area contributed by atoms with Crippen molar-refractivity contribution in [3.8, 4) is 6.07 Å². The number of esters is 1. The van der Waals surface area contributed by atoms with E-state index in [4.69, 9.17) is 11.0 Å². The Morgan fingerprint density at radius 1 is 1.69 bits per heavy atom. The topological polar surface area (TPSA) is 76.1 Å². The standard InChI is InChI=1S/C9H12N2O2/c1-3-13-9(12)8(6-11)4-7(2)5-10/h4-5H,3,10H2,1-2H3/b7-5+,8-4+. The Morgan fingerprint density at radius 3 is 2.69 bits per heavy atom. The van der Waals surface area contributed by atoms with Gasteiger partial charge in [-0.1, -0.05) is 0 Å². The van der Waals surface area contributed by atoms with Crippen molar-refractivity contribution < 1.29 is 9.53 Å². The molecular weight excluding hydrogens is 168 g/mol. The number of nitrogens with two attached hydrogens (primary N) is 1. The molecule has 0 unspecified atom stereocenters. The predicted octanol–water partition coefficient (Wildman–Crippen LogP) is 0.862. The Morgan fingerprint density at radius 2 is 2.31 bits per heavy atom. The van der Waals surface area contributed by atoms with Crippen molar-refractivity contribution in [3.05, 3.63) is 23.4 Å². The molecule has 0 radical (unpaired) electrons. The molecule has 0 aliphatic carbocycles. The maximum Gasteiger partial charge on any atom is 0.348 e. The van der Waals surface area contributed by atoms with Gasteiger partial charge in [0.1, 0.15) is 11.6 Å². The number of nitrogens with zero attached hydrogens (tertiary/aromatic N) is 1. The third kappa shape index (κ3) is 3.97. The average molecular weight is 180 g/mol. The number of hydrogen-bond acceptors (Lipinski definition) is 4. The predicted molar refractivity (Wildman–Crippen MR) is 48.3 cm³/mol. The molecule has 0 amide bonds. The van der Waals surface area contributed by atoms with E-state index in [9.17, 15) is 4.79 Å². The van der Waals surface area contributed by atoms with Crippen molar-refractivity contribution in [3.63, 3.8) is 0 Å². The highest BCUT2D eigenvalue weighted by molar-refractivity contribution is 5.93. The van der Waals surface area contributed by atoms with Crippen molar-refractivity contribution in [1.29, 1.82) is 5.26 Å². The first-order valence-electron chi connectivity index (χ1n) is 3.83. The summed E-state index contributed by atoms with van der Waals surface area (Å²) in [7, 11) is 0. The molecule has 0 rings (SSSR count). The van der Waals surface area contributed by atoms with Gasteiger partial charge >= 0.3 is 5.97 Å². The first-order valence-corrected chi connectivity index (χ1v) is 3.83. The Labute approximate surface area is 77.3 Å². The highest BCUT2D eigenvalue weighted by Gasteiger charge is 2.08. The van der Waals surface area contributed by atoms with Crippen LogP contribution >= 0.6 is 0 Å². The minimum absolute atomic E-state index is 0.0407. The number of carbonyl (C=O) groups is 1. The third-order valence-electron chi connectivity index (χ3n) is 1.25. The van der Waals surface area contributed by atoms with Crippen LogP contribution in [0, 0.1) is 11.3 Å². The summed E-state index contributed by atoms with van der Waals surface area (Å²) in [5, 5.41) is 8.58. The fourth-order valence-corrected chi connectivity index (χ4v) is 0.621. The van der Waals surface area contributed by atoms with E-state index in [1.54, 1.807) is 19.9 Å². The summed E-state index contributed by atoms with van der Waals surface area (Å²) in [5.41, 5.74) is 5.78. The third-order valence-corrected chi connectivity index (χ3v) is 1.25. The lowest BCUT2D eigenvalue weighted by Gasteiger charge is -1.98. The molecule has 0 aromatic heterocycles. The second kappa shape index (κ2) is 5.84. The molecule has 0 bridgehead atoms. The summed E-state index contributed by atoms with van der Waals surface area (Å²) in [6, 6.07) is 1.74. The minimum atomic E-state index is -0.619. The largest absolute Gasteiger partial charge is 0.462 e. The lowest BCUT2D eigenvalue weighted by molar-refractivity contribution is -0.138. The van der Waals surface area contributed by atoms with Crippen molar-refractivity contribution in [2.75, 3.05) is 6.61 Å². The molecule has 2 N–H and O–H groups in total. The Balaban J connectivity index is 4.63. The van der Waals surface area contributed by atoms with E-state index >= 15 is 0 Å². The van der Waals surface area contributed by atoms with Gasteiger partial charge in [0, 0.05) is 0 Å². The monoisotopic (exact) mass is 180 g/mol. The fraction of sp³-hybridized carbons (Fsp3) is 0.333. The van der Waals surface area contributed by atoms with Crippen LogP contribution in [-0.4, -0.2) is 12.6 Å². The minimum Gasteiger partial charge on any atom is -0.462 e. The normalized spacial score (nSPS) is 12.1. The van der Waals surface area contributed by atoms with Gasteiger partial charge in [-0.05, 0) is 31.7 Å². The van der Waals surface area contributed by atoms with Gasteiger partial charge in [0.2, 0.25) is 0 Å². The number of nitriles is 1. The first kappa shape index (κ1) is 11.2. The Kier molecular flexibility index (Phi) is 5.05. The molecule has 0 aromatic carbocycles. The van der Waals surface area contributed by atoms with Crippen molar-refractivity contribution in [2.45, 2.75) is 13.8 Å². The second-order valence-electron chi connectivity index (χ2n) is 2.30. The van der Waals surface area contributed by atoms with Crippen LogP contribution in [0.4, 0.5) is 0 Å². The first-order chi connectivity index (χ1) is 6.15. The van der Waals surface area contributed by atoms with Gasteiger partial charge in [0.25, 0.3) is 0 Å². The van der Waals surface area contributed by atoms with Gasteiger partial charge in [-0.3, -0.25) is 0 Å². The van der Waals surface area contributed by atoms with Crippen molar-refractivity contribution >= 4 is 5.97 Å². The molecule has 0 saturated carbocycles. The number of carbonyl (C=O) groups excluding carboxylic acids is 1. The Bertz CT molecular complexity index is 284. The molecule has 0 heterocycles. The Hall–Kier alpha value is -1.76. The summed E-state index contributed by atoms with van der Waals surface area (Å²) in [5.74, 6) is -0.619. The van der Waals surface area contributed by atoms with Crippen molar-refractivity contribution in [2.24, 2.45) is 5.73 Å². The van der Waals surface area contributed by atoms with E-state index in [1.165, 1.54) is 12.3 Å². The van der Waals surface area contributed by atoms with Gasteiger partial charge < -0.3 is 10.5 Å².